The Kier molecular flexibility index (Phi) is 4.94. The third-order valence-electron chi connectivity index (χ3n) is 4.64. The summed E-state index contributed by atoms with van der Waals surface area (Å²) in [5.41, 5.74) is 8.27. The summed E-state index contributed by atoms with van der Waals surface area (Å²) in [5.74, 6) is 0.459. The van der Waals surface area contributed by atoms with Crippen molar-refractivity contribution in [1.29, 1.82) is 0 Å². The van der Waals surface area contributed by atoms with Gasteiger partial charge in [0.1, 0.15) is 11.6 Å². The number of aromatic nitrogens is 3. The maximum absolute atomic E-state index is 13.2. The van der Waals surface area contributed by atoms with Crippen LogP contribution in [-0.2, 0) is 4.79 Å². The standard InChI is InChI=1S/C20H19FN6O/c21-15-6-4-13(5-7-15)16-9-24-20(22)26-19(16)14-10-27(11-14)12-18(28)25-17-3-1-2-8-23-17/h1-9,14H,10-12H2,(H2,22,24,26)(H,23,25,28). The van der Waals surface area contributed by atoms with Gasteiger partial charge in [-0.3, -0.25) is 9.69 Å². The number of anilines is 2. The van der Waals surface area contributed by atoms with Crippen molar-refractivity contribution in [3.8, 4) is 11.1 Å². The van der Waals surface area contributed by atoms with Crippen molar-refractivity contribution in [2.24, 2.45) is 0 Å². The van der Waals surface area contributed by atoms with E-state index in [-0.39, 0.29) is 30.1 Å². The van der Waals surface area contributed by atoms with E-state index in [9.17, 15) is 9.18 Å². The first kappa shape index (κ1) is 18.0. The molecule has 0 atom stereocenters. The Morgan fingerprint density at radius 2 is 1.96 bits per heavy atom. The SMILES string of the molecule is Nc1ncc(-c2ccc(F)cc2)c(C2CN(CC(=O)Nc3ccccn3)C2)n1. The van der Waals surface area contributed by atoms with E-state index in [2.05, 4.69) is 20.3 Å². The first-order valence-electron chi connectivity index (χ1n) is 8.90. The predicted molar refractivity (Wildman–Crippen MR) is 104 cm³/mol. The van der Waals surface area contributed by atoms with Gasteiger partial charge in [0.2, 0.25) is 11.9 Å². The molecule has 0 aliphatic carbocycles. The number of hydrogen-bond donors (Lipinski definition) is 2. The molecule has 8 heteroatoms. The van der Waals surface area contributed by atoms with Crippen molar-refractivity contribution in [2.45, 2.75) is 5.92 Å². The Morgan fingerprint density at radius 3 is 2.68 bits per heavy atom. The highest BCUT2D eigenvalue weighted by molar-refractivity contribution is 5.91. The summed E-state index contributed by atoms with van der Waals surface area (Å²) in [6, 6.07) is 11.6. The fourth-order valence-electron chi connectivity index (χ4n) is 3.27. The van der Waals surface area contributed by atoms with E-state index in [0.717, 1.165) is 16.8 Å². The quantitative estimate of drug-likeness (QED) is 0.707. The lowest BCUT2D eigenvalue weighted by Gasteiger charge is -2.39. The second-order valence-corrected chi connectivity index (χ2v) is 6.69. The Morgan fingerprint density at radius 1 is 1.18 bits per heavy atom. The Hall–Kier alpha value is -3.39. The molecule has 0 radical (unpaired) electrons. The number of carbonyl (C=O) groups is 1. The Labute approximate surface area is 161 Å². The van der Waals surface area contributed by atoms with Crippen LogP contribution in [0.4, 0.5) is 16.2 Å². The van der Waals surface area contributed by atoms with Gasteiger partial charge in [-0.05, 0) is 29.8 Å². The molecule has 7 nitrogen and oxygen atoms in total. The number of carbonyl (C=O) groups excluding carboxylic acids is 1. The number of nitrogen functional groups attached to an aromatic ring is 1. The van der Waals surface area contributed by atoms with Crippen molar-refractivity contribution in [3.05, 3.63) is 66.4 Å². The van der Waals surface area contributed by atoms with Crippen LogP contribution in [0, 0.1) is 5.82 Å². The fourth-order valence-corrected chi connectivity index (χ4v) is 3.27. The molecule has 3 aromatic rings. The minimum absolute atomic E-state index is 0.113. The molecule has 1 amide bonds. The second kappa shape index (κ2) is 7.69. The molecule has 0 saturated carbocycles. The van der Waals surface area contributed by atoms with E-state index in [1.807, 2.05) is 11.0 Å². The van der Waals surface area contributed by atoms with Gasteiger partial charge in [0.05, 0.1) is 12.2 Å². The van der Waals surface area contributed by atoms with Crippen LogP contribution in [-0.4, -0.2) is 45.4 Å². The number of amides is 1. The van der Waals surface area contributed by atoms with Gasteiger partial charge in [-0.25, -0.2) is 19.3 Å². The van der Waals surface area contributed by atoms with Gasteiger partial charge in [-0.15, -0.1) is 0 Å². The smallest absolute Gasteiger partial charge is 0.239 e. The van der Waals surface area contributed by atoms with Gasteiger partial charge in [-0.2, -0.15) is 0 Å². The lowest BCUT2D eigenvalue weighted by atomic mass is 9.90. The fraction of sp³-hybridized carbons (Fsp3) is 0.200. The minimum Gasteiger partial charge on any atom is -0.368 e. The Bertz CT molecular complexity index is 974. The first-order chi connectivity index (χ1) is 13.6. The number of nitrogens with one attached hydrogen (secondary N) is 1. The molecular formula is C20H19FN6O. The summed E-state index contributed by atoms with van der Waals surface area (Å²) in [6.07, 6.45) is 3.30. The summed E-state index contributed by atoms with van der Waals surface area (Å²) in [6.45, 7) is 1.64. The average Bonchev–Trinajstić information content (AvgIpc) is 2.66. The number of likely N-dealkylation sites (tertiary alicyclic amines) is 1. The normalized spacial score (nSPS) is 14.5. The van der Waals surface area contributed by atoms with Crippen molar-refractivity contribution in [3.63, 3.8) is 0 Å². The number of hydrogen-bond acceptors (Lipinski definition) is 6. The number of benzene rings is 1. The number of pyridine rings is 1. The largest absolute Gasteiger partial charge is 0.368 e. The number of nitrogens with zero attached hydrogens (tertiary/aromatic N) is 4. The summed E-state index contributed by atoms with van der Waals surface area (Å²) >= 11 is 0. The first-order valence-corrected chi connectivity index (χ1v) is 8.90. The van der Waals surface area contributed by atoms with Crippen LogP contribution < -0.4 is 11.1 Å². The Balaban J connectivity index is 1.42. The maximum Gasteiger partial charge on any atom is 0.239 e. The van der Waals surface area contributed by atoms with E-state index in [1.54, 1.807) is 36.7 Å². The maximum atomic E-state index is 13.2. The van der Waals surface area contributed by atoms with E-state index < -0.39 is 0 Å². The van der Waals surface area contributed by atoms with Gasteiger partial charge in [0.25, 0.3) is 0 Å². The molecule has 3 N–H and O–H groups in total. The van der Waals surface area contributed by atoms with Crippen molar-refractivity contribution in [2.75, 3.05) is 30.7 Å². The van der Waals surface area contributed by atoms with Crippen molar-refractivity contribution in [1.82, 2.24) is 19.9 Å². The van der Waals surface area contributed by atoms with Crippen molar-refractivity contribution >= 4 is 17.7 Å². The van der Waals surface area contributed by atoms with Crippen LogP contribution in [0.3, 0.4) is 0 Å². The van der Waals surface area contributed by atoms with E-state index in [1.165, 1.54) is 12.1 Å². The third kappa shape index (κ3) is 3.96. The topological polar surface area (TPSA) is 97.0 Å². The molecule has 1 aromatic carbocycles. The molecule has 0 spiro atoms. The molecule has 28 heavy (non-hydrogen) atoms. The van der Waals surface area contributed by atoms with Crippen molar-refractivity contribution < 1.29 is 9.18 Å². The van der Waals surface area contributed by atoms with Gasteiger partial charge in [0, 0.05) is 37.0 Å². The highest BCUT2D eigenvalue weighted by Gasteiger charge is 2.32. The number of rotatable bonds is 5. The predicted octanol–water partition coefficient (Wildman–Crippen LogP) is 2.30. The molecule has 1 saturated heterocycles. The molecule has 0 bridgehead atoms. The zero-order chi connectivity index (χ0) is 19.5. The van der Waals surface area contributed by atoms with Crippen LogP contribution in [0.5, 0.6) is 0 Å². The molecular weight excluding hydrogens is 359 g/mol. The molecule has 1 aliphatic rings. The molecule has 1 fully saturated rings. The van der Waals surface area contributed by atoms with Gasteiger partial charge in [-0.1, -0.05) is 18.2 Å². The van der Waals surface area contributed by atoms with Gasteiger partial charge < -0.3 is 11.1 Å². The molecule has 0 unspecified atom stereocenters. The van der Waals surface area contributed by atoms with E-state index in [0.29, 0.717) is 18.9 Å². The van der Waals surface area contributed by atoms with E-state index >= 15 is 0 Å². The molecule has 2 aromatic heterocycles. The molecule has 4 rings (SSSR count). The van der Waals surface area contributed by atoms with Crippen LogP contribution in [0.15, 0.2) is 54.9 Å². The lowest BCUT2D eigenvalue weighted by Crippen LogP contribution is -2.48. The highest BCUT2D eigenvalue weighted by atomic mass is 19.1. The van der Waals surface area contributed by atoms with Crippen LogP contribution in [0.25, 0.3) is 11.1 Å². The average molecular weight is 378 g/mol. The summed E-state index contributed by atoms with van der Waals surface area (Å²) < 4.78 is 13.2. The van der Waals surface area contributed by atoms with Crippen LogP contribution in [0.1, 0.15) is 11.6 Å². The highest BCUT2D eigenvalue weighted by Crippen LogP contribution is 2.33. The molecule has 3 heterocycles. The van der Waals surface area contributed by atoms with Gasteiger partial charge >= 0.3 is 0 Å². The third-order valence-corrected chi connectivity index (χ3v) is 4.64. The number of halogens is 1. The zero-order valence-electron chi connectivity index (χ0n) is 15.0. The minimum atomic E-state index is -0.296. The van der Waals surface area contributed by atoms with Gasteiger partial charge in [0.15, 0.2) is 0 Å². The summed E-state index contributed by atoms with van der Waals surface area (Å²) in [7, 11) is 0. The monoisotopic (exact) mass is 378 g/mol. The second-order valence-electron chi connectivity index (χ2n) is 6.69. The summed E-state index contributed by atoms with van der Waals surface area (Å²) in [5, 5.41) is 2.77. The zero-order valence-corrected chi connectivity index (χ0v) is 15.0. The van der Waals surface area contributed by atoms with Crippen LogP contribution in [0.2, 0.25) is 0 Å². The summed E-state index contributed by atoms with van der Waals surface area (Å²) in [4.78, 5) is 26.8. The molecule has 1 aliphatic heterocycles. The number of nitrogens with two attached hydrogens (primary N) is 1. The van der Waals surface area contributed by atoms with Crippen LogP contribution >= 0.6 is 0 Å². The van der Waals surface area contributed by atoms with E-state index in [4.69, 9.17) is 5.73 Å². The lowest BCUT2D eigenvalue weighted by molar-refractivity contribution is -0.118. The molecule has 142 valence electrons.